The van der Waals surface area contributed by atoms with Crippen molar-refractivity contribution < 1.29 is 0 Å². The number of nitrogens with zero attached hydrogens (tertiary/aromatic N) is 5. The summed E-state index contributed by atoms with van der Waals surface area (Å²) in [6.45, 7) is 1.54. The topological polar surface area (TPSA) is 50.9 Å². The van der Waals surface area contributed by atoms with Crippen molar-refractivity contribution in [1.29, 1.82) is 0 Å². The molecule has 0 radical (unpaired) electrons. The maximum absolute atomic E-state index is 4.38. The highest BCUT2D eigenvalue weighted by atomic mass is 15.3. The van der Waals surface area contributed by atoms with Crippen LogP contribution in [0.1, 0.15) is 11.5 Å². The summed E-state index contributed by atoms with van der Waals surface area (Å²) in [5.74, 6) is 1.99. The fraction of sp³-hybridized carbons (Fsp3) is 0.500. The standard InChI is InChI=1S/C12H20N6/c1-16(2)12-15-8-10(18(12)4)7-13-9-11-14-5-6-17(11)3/h5-6,8,13H,7,9H2,1-4H3. The zero-order valence-electron chi connectivity index (χ0n) is 11.4. The number of hydrogen-bond donors (Lipinski definition) is 1. The Kier molecular flexibility index (Phi) is 3.66. The van der Waals surface area contributed by atoms with Crippen LogP contribution in [0.2, 0.25) is 0 Å². The molecule has 2 heterocycles. The Morgan fingerprint density at radius 3 is 2.56 bits per heavy atom. The average molecular weight is 248 g/mol. The number of anilines is 1. The third-order valence-corrected chi connectivity index (χ3v) is 2.97. The van der Waals surface area contributed by atoms with Gasteiger partial charge in [0.15, 0.2) is 0 Å². The molecular formula is C12H20N6. The predicted octanol–water partition coefficient (Wildman–Crippen LogP) is 0.509. The summed E-state index contributed by atoms with van der Waals surface area (Å²) in [4.78, 5) is 10.7. The lowest BCUT2D eigenvalue weighted by molar-refractivity contribution is 0.616. The lowest BCUT2D eigenvalue weighted by atomic mass is 10.4. The van der Waals surface area contributed by atoms with E-state index in [2.05, 4.69) is 19.9 Å². The Morgan fingerprint density at radius 1 is 1.22 bits per heavy atom. The number of rotatable bonds is 5. The van der Waals surface area contributed by atoms with Crippen LogP contribution in [0.25, 0.3) is 0 Å². The molecule has 98 valence electrons. The second-order valence-corrected chi connectivity index (χ2v) is 4.56. The summed E-state index contributed by atoms with van der Waals surface area (Å²) in [7, 11) is 8.01. The van der Waals surface area contributed by atoms with Gasteiger partial charge in [0.05, 0.1) is 18.4 Å². The minimum absolute atomic E-state index is 0.756. The lowest BCUT2D eigenvalue weighted by Gasteiger charge is -2.12. The summed E-state index contributed by atoms with van der Waals surface area (Å²) < 4.78 is 4.10. The van der Waals surface area contributed by atoms with Gasteiger partial charge in [-0.3, -0.25) is 0 Å². The van der Waals surface area contributed by atoms with Crippen molar-refractivity contribution in [1.82, 2.24) is 24.4 Å². The number of nitrogens with one attached hydrogen (secondary N) is 1. The van der Waals surface area contributed by atoms with Crippen molar-refractivity contribution in [2.24, 2.45) is 14.1 Å². The van der Waals surface area contributed by atoms with E-state index < -0.39 is 0 Å². The van der Waals surface area contributed by atoms with Crippen LogP contribution in [0.3, 0.4) is 0 Å². The van der Waals surface area contributed by atoms with Gasteiger partial charge in [-0.25, -0.2) is 9.97 Å². The normalized spacial score (nSPS) is 10.9. The Bertz CT molecular complexity index is 510. The molecule has 0 aromatic carbocycles. The Morgan fingerprint density at radius 2 is 2.00 bits per heavy atom. The zero-order valence-corrected chi connectivity index (χ0v) is 11.4. The summed E-state index contributed by atoms with van der Waals surface area (Å²) in [5.41, 5.74) is 1.16. The van der Waals surface area contributed by atoms with Crippen molar-refractivity contribution in [2.75, 3.05) is 19.0 Å². The molecule has 0 saturated carbocycles. The van der Waals surface area contributed by atoms with Crippen LogP contribution in [-0.2, 0) is 27.2 Å². The van der Waals surface area contributed by atoms with E-state index >= 15 is 0 Å². The van der Waals surface area contributed by atoms with E-state index in [0.717, 1.165) is 30.6 Å². The summed E-state index contributed by atoms with van der Waals surface area (Å²) in [5, 5.41) is 3.38. The van der Waals surface area contributed by atoms with Crippen LogP contribution in [-0.4, -0.2) is 33.2 Å². The van der Waals surface area contributed by atoms with Gasteiger partial charge in [0, 0.05) is 47.1 Å². The average Bonchev–Trinajstić information content (AvgIpc) is 2.87. The Balaban J connectivity index is 1.93. The number of hydrogen-bond acceptors (Lipinski definition) is 4. The number of imidazole rings is 2. The fourth-order valence-electron chi connectivity index (χ4n) is 1.88. The van der Waals surface area contributed by atoms with E-state index in [1.54, 1.807) is 0 Å². The SMILES string of the molecule is CN(C)c1ncc(CNCc2nccn2C)n1C. The predicted molar refractivity (Wildman–Crippen MR) is 71.3 cm³/mol. The van der Waals surface area contributed by atoms with Crippen LogP contribution in [0.15, 0.2) is 18.6 Å². The van der Waals surface area contributed by atoms with Gasteiger partial charge < -0.3 is 19.4 Å². The summed E-state index contributed by atoms with van der Waals surface area (Å²) in [6.07, 6.45) is 5.66. The van der Waals surface area contributed by atoms with Gasteiger partial charge in [-0.15, -0.1) is 0 Å². The fourth-order valence-corrected chi connectivity index (χ4v) is 1.88. The first-order valence-electron chi connectivity index (χ1n) is 5.94. The van der Waals surface area contributed by atoms with Gasteiger partial charge >= 0.3 is 0 Å². The highest BCUT2D eigenvalue weighted by molar-refractivity contribution is 5.30. The molecule has 2 aromatic heterocycles. The van der Waals surface area contributed by atoms with Crippen molar-refractivity contribution in [2.45, 2.75) is 13.1 Å². The van der Waals surface area contributed by atoms with Crippen molar-refractivity contribution in [3.63, 3.8) is 0 Å². The molecular weight excluding hydrogens is 228 g/mol. The van der Waals surface area contributed by atoms with Gasteiger partial charge in [-0.2, -0.15) is 0 Å². The molecule has 0 unspecified atom stereocenters. The van der Waals surface area contributed by atoms with Crippen molar-refractivity contribution >= 4 is 5.95 Å². The first-order chi connectivity index (χ1) is 8.59. The first-order valence-corrected chi connectivity index (χ1v) is 5.94. The van der Waals surface area contributed by atoms with Gasteiger partial charge in [0.1, 0.15) is 5.82 Å². The second kappa shape index (κ2) is 5.22. The van der Waals surface area contributed by atoms with E-state index in [1.807, 2.05) is 56.2 Å². The Hall–Kier alpha value is -1.82. The molecule has 0 spiro atoms. The largest absolute Gasteiger partial charge is 0.348 e. The molecule has 2 rings (SSSR count). The maximum Gasteiger partial charge on any atom is 0.204 e. The van der Waals surface area contributed by atoms with Crippen LogP contribution < -0.4 is 10.2 Å². The van der Waals surface area contributed by atoms with E-state index in [1.165, 1.54) is 0 Å². The minimum Gasteiger partial charge on any atom is -0.348 e. The summed E-state index contributed by atoms with van der Waals surface area (Å²) >= 11 is 0. The third-order valence-electron chi connectivity index (χ3n) is 2.97. The van der Waals surface area contributed by atoms with Crippen molar-refractivity contribution in [3.05, 3.63) is 30.1 Å². The molecule has 0 bridgehead atoms. The second-order valence-electron chi connectivity index (χ2n) is 4.56. The van der Waals surface area contributed by atoms with Gasteiger partial charge in [-0.1, -0.05) is 0 Å². The van der Waals surface area contributed by atoms with E-state index in [9.17, 15) is 0 Å². The monoisotopic (exact) mass is 248 g/mol. The molecule has 0 aliphatic carbocycles. The molecule has 18 heavy (non-hydrogen) atoms. The lowest BCUT2D eigenvalue weighted by Crippen LogP contribution is -2.19. The van der Waals surface area contributed by atoms with Crippen molar-refractivity contribution in [3.8, 4) is 0 Å². The van der Waals surface area contributed by atoms with E-state index in [4.69, 9.17) is 0 Å². The van der Waals surface area contributed by atoms with E-state index in [-0.39, 0.29) is 0 Å². The van der Waals surface area contributed by atoms with Crippen LogP contribution in [0.5, 0.6) is 0 Å². The number of aryl methyl sites for hydroxylation is 1. The third kappa shape index (κ3) is 2.53. The molecule has 0 fully saturated rings. The summed E-state index contributed by atoms with van der Waals surface area (Å²) in [6, 6.07) is 0. The minimum atomic E-state index is 0.756. The maximum atomic E-state index is 4.38. The zero-order chi connectivity index (χ0) is 13.1. The highest BCUT2D eigenvalue weighted by Gasteiger charge is 2.07. The Labute approximate surface area is 107 Å². The molecule has 1 N–H and O–H groups in total. The highest BCUT2D eigenvalue weighted by Crippen LogP contribution is 2.10. The van der Waals surface area contributed by atoms with Crippen LogP contribution in [0, 0.1) is 0 Å². The number of aromatic nitrogens is 4. The molecule has 0 saturated heterocycles. The molecule has 0 atom stereocenters. The van der Waals surface area contributed by atoms with E-state index in [0.29, 0.717) is 0 Å². The van der Waals surface area contributed by atoms with Gasteiger partial charge in [0.25, 0.3) is 0 Å². The first kappa shape index (κ1) is 12.6. The van der Waals surface area contributed by atoms with Crippen LogP contribution in [0.4, 0.5) is 5.95 Å². The van der Waals surface area contributed by atoms with Gasteiger partial charge in [0.2, 0.25) is 5.95 Å². The van der Waals surface area contributed by atoms with Crippen LogP contribution >= 0.6 is 0 Å². The molecule has 0 aliphatic rings. The molecule has 2 aromatic rings. The van der Waals surface area contributed by atoms with Gasteiger partial charge in [-0.05, 0) is 0 Å². The molecule has 6 nitrogen and oxygen atoms in total. The smallest absolute Gasteiger partial charge is 0.204 e. The quantitative estimate of drug-likeness (QED) is 0.837. The molecule has 6 heteroatoms. The molecule has 0 amide bonds. The molecule has 0 aliphatic heterocycles.